The molecule has 0 aliphatic rings. The Morgan fingerprint density at radius 2 is 2.21 bits per heavy atom. The molecule has 2 N–H and O–H groups in total. The second kappa shape index (κ2) is 3.35. The van der Waals surface area contributed by atoms with Gasteiger partial charge in [0.05, 0.1) is 19.2 Å². The van der Waals surface area contributed by atoms with E-state index in [1.165, 1.54) is 0 Å². The lowest BCUT2D eigenvalue weighted by Gasteiger charge is -2.00. The van der Waals surface area contributed by atoms with Gasteiger partial charge in [-0.2, -0.15) is 0 Å². The third-order valence-corrected chi connectivity index (χ3v) is 2.49. The second-order valence-corrected chi connectivity index (χ2v) is 3.27. The van der Waals surface area contributed by atoms with Crippen LogP contribution >= 0.6 is 0 Å². The lowest BCUT2D eigenvalue weighted by atomic mass is 10.1. The van der Waals surface area contributed by atoms with Crippen LogP contribution < -0.4 is 4.74 Å². The molecule has 0 aliphatic heterocycles. The van der Waals surface area contributed by atoms with Crippen molar-refractivity contribution < 1.29 is 9.84 Å². The number of ether oxygens (including phenoxy) is 1. The molecular weight excluding hydrogens is 178 g/mol. The normalized spacial score (nSPS) is 10.8. The molecule has 14 heavy (non-hydrogen) atoms. The largest absolute Gasteiger partial charge is 0.495 e. The number of aliphatic hydroxyl groups is 1. The van der Waals surface area contributed by atoms with Crippen molar-refractivity contribution >= 4 is 10.9 Å². The van der Waals surface area contributed by atoms with Crippen LogP contribution in [0, 0.1) is 6.92 Å². The van der Waals surface area contributed by atoms with E-state index in [0.29, 0.717) is 0 Å². The van der Waals surface area contributed by atoms with Crippen molar-refractivity contribution in [3.05, 3.63) is 29.5 Å². The highest BCUT2D eigenvalue weighted by Crippen LogP contribution is 2.29. The second-order valence-electron chi connectivity index (χ2n) is 3.27. The molecule has 0 spiro atoms. The summed E-state index contributed by atoms with van der Waals surface area (Å²) in [7, 11) is 1.64. The maximum absolute atomic E-state index is 9.21. The van der Waals surface area contributed by atoms with Gasteiger partial charge in [-0.1, -0.05) is 12.1 Å². The standard InChI is InChI=1S/C11H13NO2/c1-7-9(6-13)8-4-3-5-10(14-2)11(8)12-7/h3-5,12-13H,6H2,1-2H3. The molecule has 3 nitrogen and oxygen atoms in total. The zero-order valence-electron chi connectivity index (χ0n) is 8.29. The molecule has 74 valence electrons. The minimum absolute atomic E-state index is 0.0546. The predicted molar refractivity (Wildman–Crippen MR) is 55.5 cm³/mol. The zero-order valence-corrected chi connectivity index (χ0v) is 8.29. The van der Waals surface area contributed by atoms with Gasteiger partial charge < -0.3 is 14.8 Å². The highest BCUT2D eigenvalue weighted by atomic mass is 16.5. The first-order valence-corrected chi connectivity index (χ1v) is 4.53. The summed E-state index contributed by atoms with van der Waals surface area (Å²) in [4.78, 5) is 3.21. The summed E-state index contributed by atoms with van der Waals surface area (Å²) in [5, 5.41) is 10.2. The summed E-state index contributed by atoms with van der Waals surface area (Å²) in [5.74, 6) is 0.810. The molecule has 0 saturated carbocycles. The number of aryl methyl sites for hydroxylation is 1. The van der Waals surface area contributed by atoms with E-state index < -0.39 is 0 Å². The van der Waals surface area contributed by atoms with Gasteiger partial charge in [0.2, 0.25) is 0 Å². The number of aromatic amines is 1. The third-order valence-electron chi connectivity index (χ3n) is 2.49. The Labute approximate surface area is 82.3 Å². The number of hydrogen-bond donors (Lipinski definition) is 2. The lowest BCUT2D eigenvalue weighted by Crippen LogP contribution is -1.84. The number of H-pyrrole nitrogens is 1. The SMILES string of the molecule is COc1cccc2c(CO)c(C)[nH]c12. The van der Waals surface area contributed by atoms with E-state index in [2.05, 4.69) is 4.98 Å². The van der Waals surface area contributed by atoms with Crippen molar-refractivity contribution in [2.75, 3.05) is 7.11 Å². The molecule has 1 aromatic heterocycles. The number of fused-ring (bicyclic) bond motifs is 1. The van der Waals surface area contributed by atoms with Crippen LogP contribution in [0.2, 0.25) is 0 Å². The molecule has 1 aromatic carbocycles. The summed E-state index contributed by atoms with van der Waals surface area (Å²) >= 11 is 0. The van der Waals surface area contributed by atoms with Gasteiger partial charge in [-0.15, -0.1) is 0 Å². The van der Waals surface area contributed by atoms with Crippen LogP contribution in [-0.2, 0) is 6.61 Å². The lowest BCUT2D eigenvalue weighted by molar-refractivity contribution is 0.282. The third kappa shape index (κ3) is 1.17. The fourth-order valence-electron chi connectivity index (χ4n) is 1.75. The van der Waals surface area contributed by atoms with Crippen molar-refractivity contribution in [3.8, 4) is 5.75 Å². The minimum Gasteiger partial charge on any atom is -0.495 e. The number of benzene rings is 1. The molecular formula is C11H13NO2. The van der Waals surface area contributed by atoms with Crippen LogP contribution in [0.4, 0.5) is 0 Å². The first kappa shape index (κ1) is 9.09. The predicted octanol–water partition coefficient (Wildman–Crippen LogP) is 1.98. The van der Waals surface area contributed by atoms with Gasteiger partial charge in [-0.05, 0) is 13.0 Å². The van der Waals surface area contributed by atoms with Gasteiger partial charge in [0.15, 0.2) is 0 Å². The van der Waals surface area contributed by atoms with Crippen LogP contribution in [0.25, 0.3) is 10.9 Å². The number of rotatable bonds is 2. The first-order chi connectivity index (χ1) is 6.77. The average molecular weight is 191 g/mol. The Morgan fingerprint density at radius 3 is 2.86 bits per heavy atom. The van der Waals surface area contributed by atoms with Crippen LogP contribution in [-0.4, -0.2) is 17.2 Å². The van der Waals surface area contributed by atoms with Crippen LogP contribution in [0.15, 0.2) is 18.2 Å². The molecule has 0 atom stereocenters. The van der Waals surface area contributed by atoms with Gasteiger partial charge >= 0.3 is 0 Å². The molecule has 2 aromatic rings. The summed E-state index contributed by atoms with van der Waals surface area (Å²) in [6.07, 6.45) is 0. The van der Waals surface area contributed by atoms with E-state index in [9.17, 15) is 5.11 Å². The molecule has 0 aliphatic carbocycles. The minimum atomic E-state index is 0.0546. The van der Waals surface area contributed by atoms with E-state index in [0.717, 1.165) is 27.9 Å². The number of nitrogens with one attached hydrogen (secondary N) is 1. The Hall–Kier alpha value is -1.48. The van der Waals surface area contributed by atoms with E-state index in [-0.39, 0.29) is 6.61 Å². The summed E-state index contributed by atoms with van der Waals surface area (Å²) in [6.45, 7) is 2.00. The summed E-state index contributed by atoms with van der Waals surface area (Å²) < 4.78 is 5.23. The molecule has 3 heteroatoms. The first-order valence-electron chi connectivity index (χ1n) is 4.53. The highest BCUT2D eigenvalue weighted by molar-refractivity contribution is 5.89. The monoisotopic (exact) mass is 191 g/mol. The highest BCUT2D eigenvalue weighted by Gasteiger charge is 2.09. The maximum Gasteiger partial charge on any atom is 0.142 e. The fourth-order valence-corrected chi connectivity index (χ4v) is 1.75. The number of methoxy groups -OCH3 is 1. The Balaban J connectivity index is 2.79. The smallest absolute Gasteiger partial charge is 0.142 e. The van der Waals surface area contributed by atoms with Crippen LogP contribution in [0.1, 0.15) is 11.3 Å². The average Bonchev–Trinajstić information content (AvgIpc) is 2.52. The number of para-hydroxylation sites is 1. The Bertz CT molecular complexity index is 460. The zero-order chi connectivity index (χ0) is 10.1. The van der Waals surface area contributed by atoms with Crippen molar-refractivity contribution in [3.63, 3.8) is 0 Å². The molecule has 2 rings (SSSR count). The van der Waals surface area contributed by atoms with Gasteiger partial charge in [0.25, 0.3) is 0 Å². The summed E-state index contributed by atoms with van der Waals surface area (Å²) in [5.41, 5.74) is 2.89. The van der Waals surface area contributed by atoms with E-state index >= 15 is 0 Å². The Kier molecular flexibility index (Phi) is 2.17. The van der Waals surface area contributed by atoms with E-state index in [1.807, 2.05) is 25.1 Å². The molecule has 0 saturated heterocycles. The number of aliphatic hydroxyl groups excluding tert-OH is 1. The van der Waals surface area contributed by atoms with Crippen molar-refractivity contribution in [2.24, 2.45) is 0 Å². The van der Waals surface area contributed by atoms with Crippen molar-refractivity contribution in [1.29, 1.82) is 0 Å². The topological polar surface area (TPSA) is 45.2 Å². The van der Waals surface area contributed by atoms with Crippen molar-refractivity contribution in [2.45, 2.75) is 13.5 Å². The van der Waals surface area contributed by atoms with Gasteiger partial charge in [-0.25, -0.2) is 0 Å². The van der Waals surface area contributed by atoms with Crippen LogP contribution in [0.5, 0.6) is 5.75 Å². The fraction of sp³-hybridized carbons (Fsp3) is 0.273. The van der Waals surface area contributed by atoms with Gasteiger partial charge in [-0.3, -0.25) is 0 Å². The molecule has 0 radical (unpaired) electrons. The van der Waals surface area contributed by atoms with E-state index in [1.54, 1.807) is 7.11 Å². The molecule has 0 fully saturated rings. The quantitative estimate of drug-likeness (QED) is 0.762. The van der Waals surface area contributed by atoms with Gasteiger partial charge in [0.1, 0.15) is 5.75 Å². The van der Waals surface area contributed by atoms with Gasteiger partial charge in [0, 0.05) is 16.6 Å². The van der Waals surface area contributed by atoms with Crippen LogP contribution in [0.3, 0.4) is 0 Å². The molecule has 0 amide bonds. The number of hydrogen-bond acceptors (Lipinski definition) is 2. The Morgan fingerprint density at radius 1 is 1.43 bits per heavy atom. The van der Waals surface area contributed by atoms with Crippen molar-refractivity contribution in [1.82, 2.24) is 4.98 Å². The summed E-state index contributed by atoms with van der Waals surface area (Å²) in [6, 6.07) is 5.81. The molecule has 1 heterocycles. The maximum atomic E-state index is 9.21. The number of aromatic nitrogens is 1. The molecule has 0 unspecified atom stereocenters. The van der Waals surface area contributed by atoms with E-state index in [4.69, 9.17) is 4.74 Å². The molecule has 0 bridgehead atoms.